The molecule has 0 aliphatic rings. The normalized spacial score (nSPS) is 10.8. The molecule has 0 saturated heterocycles. The number of nitrogens with one attached hydrogen (secondary N) is 4. The molecule has 0 saturated carbocycles. The van der Waals surface area contributed by atoms with E-state index in [4.69, 9.17) is 0 Å². The summed E-state index contributed by atoms with van der Waals surface area (Å²) >= 11 is 0. The number of hydrogen-bond donors (Lipinski definition) is 4. The van der Waals surface area contributed by atoms with E-state index in [2.05, 4.69) is 65.8 Å². The van der Waals surface area contributed by atoms with Crippen molar-refractivity contribution in [1.29, 1.82) is 0 Å². The Morgan fingerprint density at radius 3 is 1.36 bits per heavy atom. The Labute approximate surface area is 196 Å². The Hall–Kier alpha value is -2.98. The van der Waals surface area contributed by atoms with Crippen molar-refractivity contribution >= 4 is 0 Å². The second kappa shape index (κ2) is 14.2. The minimum absolute atomic E-state index is 0.0842. The van der Waals surface area contributed by atoms with Gasteiger partial charge in [-0.25, -0.2) is 19.7 Å². The number of H-pyrrole nitrogens is 4. The highest BCUT2D eigenvalue weighted by Crippen LogP contribution is 2.16. The lowest BCUT2D eigenvalue weighted by Crippen LogP contribution is -2.14. The van der Waals surface area contributed by atoms with E-state index in [0.717, 1.165) is 5.82 Å². The molecule has 3 rings (SSSR count). The first-order valence-electron chi connectivity index (χ1n) is 11.2. The lowest BCUT2D eigenvalue weighted by atomic mass is 9.96. The quantitative estimate of drug-likeness (QED) is 0.384. The standard InChI is InChI=1S/C6H11N3O.C6H11N3.C6H10N2O2.2C2H6/c1-6(2,3)4-7-5(10)9-8-4;1-6(2,3)5-7-4-8-9-5;1-6(2,3)4-7-5(9)10-8-4;2*1-2/h1-3H3,(H2,7,8,9,10);4H,1-3H3,(H,7,8,9);1-3H3,(H,7,8,9);2*1-2H3. The van der Waals surface area contributed by atoms with E-state index in [1.807, 2.05) is 69.2 Å². The van der Waals surface area contributed by atoms with Gasteiger partial charge in [0, 0.05) is 16.2 Å². The second-order valence-electron chi connectivity index (χ2n) is 9.55. The average molecular weight is 469 g/mol. The SMILES string of the molecule is CC.CC.CC(C)(C)c1n[nH]c(=O)[nH]1.CC(C)(C)c1ncn[nH]1.CC(C)(C)c1noc(=O)[nH]1. The lowest BCUT2D eigenvalue weighted by Gasteiger charge is -2.12. The van der Waals surface area contributed by atoms with Gasteiger partial charge >= 0.3 is 11.4 Å². The summed E-state index contributed by atoms with van der Waals surface area (Å²) in [6, 6.07) is 0. The van der Waals surface area contributed by atoms with Crippen LogP contribution >= 0.6 is 0 Å². The van der Waals surface area contributed by atoms with Gasteiger partial charge in [0.2, 0.25) is 0 Å². The molecule has 0 aliphatic carbocycles. The highest BCUT2D eigenvalue weighted by Gasteiger charge is 2.18. The molecule has 3 aromatic rings. The predicted octanol–water partition coefficient (Wildman–Crippen LogP) is 4.21. The molecule has 0 aliphatic heterocycles. The zero-order valence-electron chi connectivity index (χ0n) is 22.6. The van der Waals surface area contributed by atoms with Gasteiger partial charge in [0.25, 0.3) is 0 Å². The van der Waals surface area contributed by atoms with E-state index in [-0.39, 0.29) is 21.9 Å². The minimum atomic E-state index is -0.495. The van der Waals surface area contributed by atoms with Crippen LogP contribution in [0.15, 0.2) is 20.4 Å². The van der Waals surface area contributed by atoms with Crippen LogP contribution in [0.25, 0.3) is 0 Å². The molecule has 190 valence electrons. The molecule has 0 bridgehead atoms. The van der Waals surface area contributed by atoms with E-state index in [9.17, 15) is 9.59 Å². The molecule has 0 radical (unpaired) electrons. The molecule has 0 spiro atoms. The molecular formula is C22H44N8O3. The summed E-state index contributed by atoms with van der Waals surface area (Å²) < 4.78 is 4.33. The Morgan fingerprint density at radius 1 is 0.697 bits per heavy atom. The van der Waals surface area contributed by atoms with Gasteiger partial charge in [-0.2, -0.15) is 10.2 Å². The molecule has 4 N–H and O–H groups in total. The first kappa shape index (κ1) is 32.2. The molecule has 33 heavy (non-hydrogen) atoms. The van der Waals surface area contributed by atoms with Crippen molar-refractivity contribution in [3.63, 3.8) is 0 Å². The van der Waals surface area contributed by atoms with Crippen molar-refractivity contribution in [3.05, 3.63) is 44.8 Å². The van der Waals surface area contributed by atoms with Crippen LogP contribution in [0.4, 0.5) is 0 Å². The van der Waals surface area contributed by atoms with Crippen LogP contribution in [0.2, 0.25) is 0 Å². The fourth-order valence-corrected chi connectivity index (χ4v) is 1.75. The van der Waals surface area contributed by atoms with Crippen molar-refractivity contribution in [3.8, 4) is 0 Å². The first-order valence-corrected chi connectivity index (χ1v) is 11.2. The van der Waals surface area contributed by atoms with Crippen LogP contribution in [0.5, 0.6) is 0 Å². The Bertz CT molecular complexity index is 901. The highest BCUT2D eigenvalue weighted by molar-refractivity contribution is 4.98. The summed E-state index contributed by atoms with van der Waals surface area (Å²) in [6.45, 7) is 26.1. The first-order chi connectivity index (χ1) is 15.1. The zero-order valence-corrected chi connectivity index (χ0v) is 22.6. The predicted molar refractivity (Wildman–Crippen MR) is 132 cm³/mol. The topological polar surface area (TPSA) is 162 Å². The number of nitrogens with zero attached hydrogens (tertiary/aromatic N) is 4. The molecule has 11 heteroatoms. The molecule has 0 aromatic carbocycles. The Balaban J connectivity index is 0. The summed E-state index contributed by atoms with van der Waals surface area (Å²) in [5, 5.41) is 16.2. The van der Waals surface area contributed by atoms with Gasteiger partial charge in [0.05, 0.1) is 0 Å². The third-order valence-corrected chi connectivity index (χ3v) is 3.49. The lowest BCUT2D eigenvalue weighted by molar-refractivity contribution is 0.369. The molecule has 11 nitrogen and oxygen atoms in total. The van der Waals surface area contributed by atoms with E-state index in [1.165, 1.54) is 6.33 Å². The van der Waals surface area contributed by atoms with Crippen LogP contribution in [-0.2, 0) is 16.2 Å². The van der Waals surface area contributed by atoms with E-state index in [1.54, 1.807) is 0 Å². The molecule has 3 aromatic heterocycles. The van der Waals surface area contributed by atoms with Gasteiger partial charge in [-0.3, -0.25) is 19.6 Å². The van der Waals surface area contributed by atoms with Gasteiger partial charge in [0.15, 0.2) is 5.82 Å². The van der Waals surface area contributed by atoms with Crippen molar-refractivity contribution in [2.24, 2.45) is 0 Å². The van der Waals surface area contributed by atoms with Gasteiger partial charge in [-0.1, -0.05) is 95.2 Å². The van der Waals surface area contributed by atoms with Crippen molar-refractivity contribution in [1.82, 2.24) is 40.5 Å². The summed E-state index contributed by atoms with van der Waals surface area (Å²) in [7, 11) is 0. The van der Waals surface area contributed by atoms with Gasteiger partial charge in [-0.05, 0) is 0 Å². The van der Waals surface area contributed by atoms with Gasteiger partial charge < -0.3 is 0 Å². The van der Waals surface area contributed by atoms with Crippen LogP contribution in [-0.4, -0.2) is 40.5 Å². The number of aromatic amines is 4. The second-order valence-corrected chi connectivity index (χ2v) is 9.55. The molecule has 3 heterocycles. The number of aromatic nitrogens is 8. The van der Waals surface area contributed by atoms with Gasteiger partial charge in [0.1, 0.15) is 18.0 Å². The van der Waals surface area contributed by atoms with Crippen molar-refractivity contribution in [2.75, 3.05) is 0 Å². The summed E-state index contributed by atoms with van der Waals surface area (Å²) in [5.74, 6) is 1.71. The van der Waals surface area contributed by atoms with Crippen LogP contribution in [0.1, 0.15) is 107 Å². The average Bonchev–Trinajstić information content (AvgIpc) is 3.46. The van der Waals surface area contributed by atoms with Crippen molar-refractivity contribution in [2.45, 2.75) is 106 Å². The van der Waals surface area contributed by atoms with E-state index >= 15 is 0 Å². The van der Waals surface area contributed by atoms with Crippen LogP contribution in [0.3, 0.4) is 0 Å². The minimum Gasteiger partial charge on any atom is -0.296 e. The third-order valence-electron chi connectivity index (χ3n) is 3.49. The summed E-state index contributed by atoms with van der Waals surface area (Å²) in [5.41, 5.74) is -0.383. The molecule has 0 fully saturated rings. The molecular weight excluding hydrogens is 424 g/mol. The Morgan fingerprint density at radius 2 is 1.18 bits per heavy atom. The maximum absolute atomic E-state index is 10.6. The Kier molecular flexibility index (Phi) is 13.9. The van der Waals surface area contributed by atoms with Crippen LogP contribution < -0.4 is 11.4 Å². The summed E-state index contributed by atoms with van der Waals surface area (Å²) in [6.07, 6.45) is 1.53. The van der Waals surface area contributed by atoms with E-state index in [0.29, 0.717) is 11.6 Å². The largest absolute Gasteiger partial charge is 0.438 e. The number of hydrogen-bond acceptors (Lipinski definition) is 7. The fraction of sp³-hybridized carbons (Fsp3) is 0.727. The van der Waals surface area contributed by atoms with Crippen LogP contribution in [0, 0.1) is 0 Å². The maximum Gasteiger partial charge on any atom is 0.438 e. The highest BCUT2D eigenvalue weighted by atomic mass is 16.5. The molecule has 0 unspecified atom stereocenters. The molecule has 0 amide bonds. The van der Waals surface area contributed by atoms with Gasteiger partial charge in [-0.15, -0.1) is 0 Å². The number of rotatable bonds is 0. The maximum atomic E-state index is 10.6. The fourth-order valence-electron chi connectivity index (χ4n) is 1.75. The van der Waals surface area contributed by atoms with Crippen molar-refractivity contribution < 1.29 is 4.52 Å². The molecule has 0 atom stereocenters. The zero-order chi connectivity index (χ0) is 26.5. The van der Waals surface area contributed by atoms with E-state index < -0.39 is 5.76 Å². The third kappa shape index (κ3) is 13.2. The summed E-state index contributed by atoms with van der Waals surface area (Å²) in [4.78, 5) is 30.1. The smallest absolute Gasteiger partial charge is 0.296 e. The monoisotopic (exact) mass is 468 g/mol.